The Labute approximate surface area is 114 Å². The van der Waals surface area contributed by atoms with Crippen LogP contribution in [0.5, 0.6) is 0 Å². The van der Waals surface area contributed by atoms with Crippen LogP contribution in [-0.4, -0.2) is 15.1 Å². The van der Waals surface area contributed by atoms with Crippen LogP contribution in [0.1, 0.15) is 58.7 Å². The lowest BCUT2D eigenvalue weighted by molar-refractivity contribution is 0.334. The molecule has 0 amide bonds. The summed E-state index contributed by atoms with van der Waals surface area (Å²) in [7, 11) is 0. The molecule has 0 aliphatic heterocycles. The highest BCUT2D eigenvalue weighted by Gasteiger charge is 2.23. The Kier molecular flexibility index (Phi) is 5.71. The first-order chi connectivity index (χ1) is 8.04. The Morgan fingerprint density at radius 1 is 1.47 bits per heavy atom. The molecule has 0 aromatic carbocycles. The number of rotatable bonds is 7. The average Bonchev–Trinajstić information content (AvgIpc) is 2.76. The fourth-order valence-electron chi connectivity index (χ4n) is 2.15. The Balaban J connectivity index is 2.70. The van der Waals surface area contributed by atoms with E-state index in [9.17, 15) is 0 Å². The smallest absolute Gasteiger partial charge is 0.0630 e. The molecule has 0 saturated carbocycles. The summed E-state index contributed by atoms with van der Waals surface area (Å²) in [6.45, 7) is 9.00. The van der Waals surface area contributed by atoms with Crippen molar-refractivity contribution in [3.8, 4) is 0 Å². The van der Waals surface area contributed by atoms with E-state index < -0.39 is 0 Å². The molecule has 17 heavy (non-hydrogen) atoms. The van der Waals surface area contributed by atoms with Crippen molar-refractivity contribution < 1.29 is 0 Å². The normalized spacial score (nSPS) is 16.8. The molecule has 1 aromatic heterocycles. The van der Waals surface area contributed by atoms with Gasteiger partial charge in [0, 0.05) is 17.6 Å². The second-order valence-corrected chi connectivity index (χ2v) is 5.98. The van der Waals surface area contributed by atoms with Crippen LogP contribution in [0.2, 0.25) is 0 Å². The molecule has 1 heterocycles. The van der Waals surface area contributed by atoms with Crippen LogP contribution >= 0.6 is 15.9 Å². The molecule has 2 atom stereocenters. The lowest BCUT2D eigenvalue weighted by Gasteiger charge is -2.25. The lowest BCUT2D eigenvalue weighted by Crippen LogP contribution is -2.21. The Bertz CT molecular complexity index is 335. The van der Waals surface area contributed by atoms with E-state index in [0.717, 1.165) is 18.2 Å². The molecule has 98 valence electrons. The van der Waals surface area contributed by atoms with Gasteiger partial charge in [-0.05, 0) is 37.7 Å². The molecule has 0 N–H and O–H groups in total. The zero-order valence-electron chi connectivity index (χ0n) is 11.5. The molecule has 0 bridgehead atoms. The second kappa shape index (κ2) is 6.58. The molecule has 2 nitrogen and oxygen atoms in total. The maximum absolute atomic E-state index is 4.69. The summed E-state index contributed by atoms with van der Waals surface area (Å²) in [6.07, 6.45) is 6.79. The Morgan fingerprint density at radius 2 is 2.18 bits per heavy atom. The van der Waals surface area contributed by atoms with Gasteiger partial charge >= 0.3 is 0 Å². The SMILES string of the molecule is CCCC(C)(CBr)Cc1ccn(C(C)CC)n1. The monoisotopic (exact) mass is 300 g/mol. The Hall–Kier alpha value is -0.310. The molecule has 3 heteroatoms. The first-order valence-electron chi connectivity index (χ1n) is 6.64. The standard InChI is InChI=1S/C14H25BrN2/c1-5-8-14(4,11-15)10-13-7-9-17(16-13)12(3)6-2/h7,9,12H,5-6,8,10-11H2,1-4H3. The van der Waals surface area contributed by atoms with Crippen LogP contribution in [0.25, 0.3) is 0 Å². The quantitative estimate of drug-likeness (QED) is 0.673. The molecule has 0 aliphatic carbocycles. The van der Waals surface area contributed by atoms with Gasteiger partial charge in [-0.3, -0.25) is 4.68 Å². The number of hydrogen-bond acceptors (Lipinski definition) is 1. The topological polar surface area (TPSA) is 17.8 Å². The zero-order chi connectivity index (χ0) is 12.9. The average molecular weight is 301 g/mol. The molecule has 0 aliphatic rings. The van der Waals surface area contributed by atoms with Crippen molar-refractivity contribution in [3.05, 3.63) is 18.0 Å². The minimum atomic E-state index is 0.337. The van der Waals surface area contributed by atoms with Crippen molar-refractivity contribution in [1.82, 2.24) is 9.78 Å². The van der Waals surface area contributed by atoms with E-state index in [2.05, 4.69) is 60.6 Å². The first-order valence-corrected chi connectivity index (χ1v) is 7.76. The van der Waals surface area contributed by atoms with Gasteiger partial charge in [-0.1, -0.05) is 43.1 Å². The number of nitrogens with zero attached hydrogens (tertiary/aromatic N) is 2. The van der Waals surface area contributed by atoms with Gasteiger partial charge in [0.25, 0.3) is 0 Å². The summed E-state index contributed by atoms with van der Waals surface area (Å²) in [5.74, 6) is 0. The van der Waals surface area contributed by atoms with Gasteiger partial charge in [0.1, 0.15) is 0 Å². The van der Waals surface area contributed by atoms with E-state index in [-0.39, 0.29) is 0 Å². The summed E-state index contributed by atoms with van der Waals surface area (Å²) >= 11 is 3.65. The van der Waals surface area contributed by atoms with Gasteiger partial charge in [0.05, 0.1) is 5.69 Å². The van der Waals surface area contributed by atoms with Crippen molar-refractivity contribution in [2.24, 2.45) is 5.41 Å². The van der Waals surface area contributed by atoms with Crippen LogP contribution in [0.4, 0.5) is 0 Å². The van der Waals surface area contributed by atoms with Crippen molar-refractivity contribution in [2.45, 2.75) is 59.4 Å². The molecule has 0 saturated heterocycles. The van der Waals surface area contributed by atoms with E-state index in [4.69, 9.17) is 5.10 Å². The maximum Gasteiger partial charge on any atom is 0.0630 e. The fourth-order valence-corrected chi connectivity index (χ4v) is 2.63. The van der Waals surface area contributed by atoms with Crippen LogP contribution in [-0.2, 0) is 6.42 Å². The summed E-state index contributed by atoms with van der Waals surface area (Å²) < 4.78 is 2.09. The van der Waals surface area contributed by atoms with Gasteiger partial charge in [-0.15, -0.1) is 0 Å². The third kappa shape index (κ3) is 4.13. The summed E-state index contributed by atoms with van der Waals surface area (Å²) in [5, 5.41) is 5.74. The van der Waals surface area contributed by atoms with Gasteiger partial charge in [0.15, 0.2) is 0 Å². The molecular formula is C14H25BrN2. The predicted molar refractivity (Wildman–Crippen MR) is 77.7 cm³/mol. The maximum atomic E-state index is 4.69. The number of hydrogen-bond donors (Lipinski definition) is 0. The number of halogens is 1. The van der Waals surface area contributed by atoms with E-state index in [1.165, 1.54) is 18.5 Å². The zero-order valence-corrected chi connectivity index (χ0v) is 13.1. The lowest BCUT2D eigenvalue weighted by atomic mass is 9.83. The van der Waals surface area contributed by atoms with Crippen molar-refractivity contribution in [1.29, 1.82) is 0 Å². The van der Waals surface area contributed by atoms with Crippen LogP contribution in [0.3, 0.4) is 0 Å². The predicted octanol–water partition coefficient (Wildman–Crippen LogP) is 4.60. The molecule has 0 radical (unpaired) electrons. The van der Waals surface area contributed by atoms with Gasteiger partial charge in [-0.2, -0.15) is 5.10 Å². The number of alkyl halides is 1. The first kappa shape index (κ1) is 14.7. The van der Waals surface area contributed by atoms with Gasteiger partial charge < -0.3 is 0 Å². The van der Waals surface area contributed by atoms with Crippen molar-refractivity contribution >= 4 is 15.9 Å². The summed E-state index contributed by atoms with van der Waals surface area (Å²) in [4.78, 5) is 0. The Morgan fingerprint density at radius 3 is 2.71 bits per heavy atom. The molecule has 0 spiro atoms. The van der Waals surface area contributed by atoms with Crippen molar-refractivity contribution in [3.63, 3.8) is 0 Å². The number of aromatic nitrogens is 2. The summed E-state index contributed by atoms with van der Waals surface area (Å²) in [5.41, 5.74) is 1.56. The largest absolute Gasteiger partial charge is 0.270 e. The van der Waals surface area contributed by atoms with Crippen LogP contribution in [0.15, 0.2) is 12.3 Å². The minimum absolute atomic E-state index is 0.337. The second-order valence-electron chi connectivity index (χ2n) is 5.42. The molecule has 1 rings (SSSR count). The third-order valence-electron chi connectivity index (χ3n) is 3.49. The highest BCUT2D eigenvalue weighted by Crippen LogP contribution is 2.30. The highest BCUT2D eigenvalue weighted by molar-refractivity contribution is 9.09. The summed E-state index contributed by atoms with van der Waals surface area (Å²) in [6, 6.07) is 2.67. The highest BCUT2D eigenvalue weighted by atomic mass is 79.9. The third-order valence-corrected chi connectivity index (χ3v) is 4.84. The van der Waals surface area contributed by atoms with E-state index >= 15 is 0 Å². The van der Waals surface area contributed by atoms with E-state index in [1.807, 2.05) is 0 Å². The van der Waals surface area contributed by atoms with E-state index in [1.54, 1.807) is 0 Å². The molecule has 0 fully saturated rings. The van der Waals surface area contributed by atoms with Crippen LogP contribution in [0, 0.1) is 5.41 Å². The van der Waals surface area contributed by atoms with E-state index in [0.29, 0.717) is 11.5 Å². The fraction of sp³-hybridized carbons (Fsp3) is 0.786. The van der Waals surface area contributed by atoms with Gasteiger partial charge in [-0.25, -0.2) is 0 Å². The van der Waals surface area contributed by atoms with Gasteiger partial charge in [0.2, 0.25) is 0 Å². The molecule has 1 aromatic rings. The minimum Gasteiger partial charge on any atom is -0.270 e. The molecule has 2 unspecified atom stereocenters. The van der Waals surface area contributed by atoms with Crippen LogP contribution < -0.4 is 0 Å². The van der Waals surface area contributed by atoms with Crippen molar-refractivity contribution in [2.75, 3.05) is 5.33 Å². The molecular weight excluding hydrogens is 276 g/mol.